The first kappa shape index (κ1) is 16.1. The zero-order valence-electron chi connectivity index (χ0n) is 14.5. The highest BCUT2D eigenvalue weighted by atomic mass is 16.5. The molecule has 1 N–H and O–H groups in total. The maximum absolute atomic E-state index is 5.86. The molecule has 1 fully saturated rings. The van der Waals surface area contributed by atoms with E-state index >= 15 is 0 Å². The molecule has 4 rings (SSSR count). The number of hydrogen-bond acceptors (Lipinski definition) is 4. The number of fused-ring (bicyclic) bond motifs is 1. The first-order valence-electron chi connectivity index (χ1n) is 8.78. The van der Waals surface area contributed by atoms with Crippen molar-refractivity contribution in [3.8, 4) is 17.1 Å². The van der Waals surface area contributed by atoms with Crippen molar-refractivity contribution in [2.24, 2.45) is 0 Å². The molecule has 2 heterocycles. The Hall–Kier alpha value is -2.37. The van der Waals surface area contributed by atoms with Crippen molar-refractivity contribution in [3.05, 3.63) is 48.0 Å². The lowest BCUT2D eigenvalue weighted by atomic mass is 10.2. The van der Waals surface area contributed by atoms with Gasteiger partial charge < -0.3 is 14.5 Å². The number of morpholine rings is 1. The Kier molecular flexibility index (Phi) is 4.68. The van der Waals surface area contributed by atoms with Gasteiger partial charge in [0.05, 0.1) is 24.2 Å². The van der Waals surface area contributed by atoms with Crippen LogP contribution < -0.4 is 4.74 Å². The van der Waals surface area contributed by atoms with Crippen molar-refractivity contribution in [1.29, 1.82) is 0 Å². The van der Waals surface area contributed by atoms with E-state index < -0.39 is 0 Å². The van der Waals surface area contributed by atoms with E-state index in [-0.39, 0.29) is 0 Å². The number of hydrogen-bond donors (Lipinski definition) is 1. The Morgan fingerprint density at radius 2 is 1.92 bits per heavy atom. The first-order chi connectivity index (χ1) is 12.3. The summed E-state index contributed by atoms with van der Waals surface area (Å²) in [6.07, 6.45) is 0. The molecule has 3 aromatic rings. The zero-order chi connectivity index (χ0) is 17.1. The molecule has 0 atom stereocenters. The molecule has 2 aromatic carbocycles. The van der Waals surface area contributed by atoms with Crippen molar-refractivity contribution in [2.75, 3.05) is 39.5 Å². The Morgan fingerprint density at radius 1 is 1.12 bits per heavy atom. The number of aryl methyl sites for hydroxylation is 1. The van der Waals surface area contributed by atoms with E-state index in [0.717, 1.165) is 61.0 Å². The predicted molar refractivity (Wildman–Crippen MR) is 99.0 cm³/mol. The number of rotatable bonds is 5. The third-order valence-corrected chi connectivity index (χ3v) is 4.55. The summed E-state index contributed by atoms with van der Waals surface area (Å²) in [4.78, 5) is 10.4. The normalized spacial score (nSPS) is 15.6. The number of nitrogens with one attached hydrogen (secondary N) is 1. The minimum absolute atomic E-state index is 0.698. The van der Waals surface area contributed by atoms with Crippen molar-refractivity contribution < 1.29 is 9.47 Å². The van der Waals surface area contributed by atoms with E-state index in [0.29, 0.717) is 6.61 Å². The van der Waals surface area contributed by atoms with E-state index in [1.807, 2.05) is 18.2 Å². The monoisotopic (exact) mass is 337 g/mol. The molecule has 0 unspecified atom stereocenters. The van der Waals surface area contributed by atoms with Crippen LogP contribution in [0.25, 0.3) is 22.4 Å². The second-order valence-corrected chi connectivity index (χ2v) is 6.43. The molecule has 1 aliphatic heterocycles. The number of aromatic nitrogens is 2. The number of benzene rings is 2. The van der Waals surface area contributed by atoms with E-state index in [4.69, 9.17) is 9.47 Å². The molecule has 25 heavy (non-hydrogen) atoms. The van der Waals surface area contributed by atoms with E-state index in [9.17, 15) is 0 Å². The van der Waals surface area contributed by atoms with Crippen LogP contribution >= 0.6 is 0 Å². The first-order valence-corrected chi connectivity index (χ1v) is 8.78. The van der Waals surface area contributed by atoms with Gasteiger partial charge in [0.1, 0.15) is 18.2 Å². The van der Waals surface area contributed by atoms with Crippen LogP contribution in [0.2, 0.25) is 0 Å². The zero-order valence-corrected chi connectivity index (χ0v) is 14.5. The Morgan fingerprint density at radius 3 is 2.72 bits per heavy atom. The minimum atomic E-state index is 0.698. The van der Waals surface area contributed by atoms with Crippen LogP contribution in [0.4, 0.5) is 0 Å². The Balaban J connectivity index is 1.38. The fourth-order valence-corrected chi connectivity index (χ4v) is 3.09. The third-order valence-electron chi connectivity index (χ3n) is 4.55. The van der Waals surface area contributed by atoms with Crippen LogP contribution in [0.1, 0.15) is 5.56 Å². The molecule has 0 saturated carbocycles. The van der Waals surface area contributed by atoms with Gasteiger partial charge in [-0.15, -0.1) is 0 Å². The predicted octanol–water partition coefficient (Wildman–Crippen LogP) is 3.25. The number of ether oxygens (including phenoxy) is 2. The number of H-pyrrole nitrogens is 1. The van der Waals surface area contributed by atoms with Crippen molar-refractivity contribution in [3.63, 3.8) is 0 Å². The topological polar surface area (TPSA) is 50.4 Å². The highest BCUT2D eigenvalue weighted by Gasteiger charge is 2.10. The summed E-state index contributed by atoms with van der Waals surface area (Å²) in [5.74, 6) is 1.78. The molecule has 0 amide bonds. The standard InChI is InChI=1S/C20H23N3O2/c1-15-2-7-18-19(14-15)22-20(21-18)16-3-5-17(6-4-16)25-13-10-23-8-11-24-12-9-23/h2-7,14H,8-13H2,1H3,(H,21,22). The number of imidazole rings is 1. The Labute approximate surface area is 147 Å². The fraction of sp³-hybridized carbons (Fsp3) is 0.350. The van der Waals surface area contributed by atoms with Crippen LogP contribution in [0.3, 0.4) is 0 Å². The van der Waals surface area contributed by atoms with Gasteiger partial charge in [-0.25, -0.2) is 4.98 Å². The molecule has 0 radical (unpaired) electrons. The summed E-state index contributed by atoms with van der Waals surface area (Å²) < 4.78 is 11.2. The Bertz CT molecular complexity index is 836. The number of nitrogens with zero attached hydrogens (tertiary/aromatic N) is 2. The summed E-state index contributed by atoms with van der Waals surface area (Å²) in [6.45, 7) is 7.36. The highest BCUT2D eigenvalue weighted by Crippen LogP contribution is 2.23. The lowest BCUT2D eigenvalue weighted by Gasteiger charge is -2.26. The largest absolute Gasteiger partial charge is 0.492 e. The van der Waals surface area contributed by atoms with Gasteiger partial charge in [0.2, 0.25) is 0 Å². The minimum Gasteiger partial charge on any atom is -0.492 e. The van der Waals surface area contributed by atoms with E-state index in [2.05, 4.69) is 46.1 Å². The molecule has 0 bridgehead atoms. The number of aromatic amines is 1. The van der Waals surface area contributed by atoms with Crippen LogP contribution in [-0.2, 0) is 4.74 Å². The molecule has 130 valence electrons. The van der Waals surface area contributed by atoms with Gasteiger partial charge in [-0.1, -0.05) is 6.07 Å². The van der Waals surface area contributed by atoms with Gasteiger partial charge in [0.25, 0.3) is 0 Å². The van der Waals surface area contributed by atoms with Crippen LogP contribution in [0.15, 0.2) is 42.5 Å². The molecule has 1 aromatic heterocycles. The van der Waals surface area contributed by atoms with Crippen molar-refractivity contribution in [2.45, 2.75) is 6.92 Å². The molecule has 0 aliphatic carbocycles. The van der Waals surface area contributed by atoms with Crippen LogP contribution in [0.5, 0.6) is 5.75 Å². The second-order valence-electron chi connectivity index (χ2n) is 6.43. The summed E-state index contributed by atoms with van der Waals surface area (Å²) in [7, 11) is 0. The molecule has 1 saturated heterocycles. The molecule has 0 spiro atoms. The summed E-state index contributed by atoms with van der Waals surface area (Å²) in [5, 5.41) is 0. The molecular weight excluding hydrogens is 314 g/mol. The van der Waals surface area contributed by atoms with E-state index in [1.54, 1.807) is 0 Å². The summed E-state index contributed by atoms with van der Waals surface area (Å²) in [6, 6.07) is 14.4. The summed E-state index contributed by atoms with van der Waals surface area (Å²) in [5.41, 5.74) is 4.35. The quantitative estimate of drug-likeness (QED) is 0.776. The van der Waals surface area contributed by atoms with Gasteiger partial charge in [0.15, 0.2) is 0 Å². The maximum atomic E-state index is 5.86. The second kappa shape index (κ2) is 7.25. The molecule has 1 aliphatic rings. The van der Waals surface area contributed by atoms with Gasteiger partial charge >= 0.3 is 0 Å². The third kappa shape index (κ3) is 3.83. The molecular formula is C20H23N3O2. The smallest absolute Gasteiger partial charge is 0.138 e. The van der Waals surface area contributed by atoms with Crippen LogP contribution in [0, 0.1) is 6.92 Å². The average molecular weight is 337 g/mol. The molecule has 5 nitrogen and oxygen atoms in total. The van der Waals surface area contributed by atoms with Crippen molar-refractivity contribution in [1.82, 2.24) is 14.9 Å². The fourth-order valence-electron chi connectivity index (χ4n) is 3.09. The average Bonchev–Trinajstić information content (AvgIpc) is 3.06. The molecule has 5 heteroatoms. The lowest BCUT2D eigenvalue weighted by Crippen LogP contribution is -2.38. The van der Waals surface area contributed by atoms with Crippen LogP contribution in [-0.4, -0.2) is 54.3 Å². The van der Waals surface area contributed by atoms with E-state index in [1.165, 1.54) is 5.56 Å². The lowest BCUT2D eigenvalue weighted by molar-refractivity contribution is 0.0322. The highest BCUT2D eigenvalue weighted by molar-refractivity contribution is 5.80. The summed E-state index contributed by atoms with van der Waals surface area (Å²) >= 11 is 0. The van der Waals surface area contributed by atoms with Gasteiger partial charge in [-0.3, -0.25) is 4.90 Å². The van der Waals surface area contributed by atoms with Gasteiger partial charge in [0, 0.05) is 25.2 Å². The van der Waals surface area contributed by atoms with Gasteiger partial charge in [-0.05, 0) is 48.9 Å². The SMILES string of the molecule is Cc1ccc2nc(-c3ccc(OCCN4CCOCC4)cc3)[nH]c2c1. The van der Waals surface area contributed by atoms with Crippen molar-refractivity contribution >= 4 is 11.0 Å². The maximum Gasteiger partial charge on any atom is 0.138 e. The van der Waals surface area contributed by atoms with Gasteiger partial charge in [-0.2, -0.15) is 0 Å².